The summed E-state index contributed by atoms with van der Waals surface area (Å²) in [5, 5.41) is 12.3. The van der Waals surface area contributed by atoms with E-state index in [0.29, 0.717) is 51.6 Å². The van der Waals surface area contributed by atoms with E-state index in [0.717, 1.165) is 11.1 Å². The van der Waals surface area contributed by atoms with Crippen molar-refractivity contribution in [1.29, 1.82) is 0 Å². The van der Waals surface area contributed by atoms with Crippen molar-refractivity contribution in [2.45, 2.75) is 69.1 Å². The molecular formula is C29H36N4O5. The first-order valence-electron chi connectivity index (χ1n) is 13.3. The van der Waals surface area contributed by atoms with Crippen LogP contribution in [0.5, 0.6) is 0 Å². The molecule has 0 aliphatic carbocycles. The van der Waals surface area contributed by atoms with Gasteiger partial charge in [-0.2, -0.15) is 0 Å². The number of carbonyl (C=O) groups excluding carboxylic acids is 3. The molecule has 4 N–H and O–H groups in total. The van der Waals surface area contributed by atoms with Gasteiger partial charge in [0, 0.05) is 19.1 Å². The summed E-state index contributed by atoms with van der Waals surface area (Å²) in [6.45, 7) is 0.883. The largest absolute Gasteiger partial charge is 0.481 e. The molecule has 9 nitrogen and oxygen atoms in total. The van der Waals surface area contributed by atoms with Crippen molar-refractivity contribution in [2.24, 2.45) is 5.73 Å². The molecule has 3 amide bonds. The molecule has 2 aliphatic rings. The molecule has 0 saturated carbocycles. The number of hydrogen-bond acceptors (Lipinski definition) is 5. The van der Waals surface area contributed by atoms with Crippen molar-refractivity contribution in [3.8, 4) is 0 Å². The van der Waals surface area contributed by atoms with E-state index in [9.17, 15) is 24.3 Å². The molecule has 2 aromatic carbocycles. The zero-order valence-corrected chi connectivity index (χ0v) is 21.5. The van der Waals surface area contributed by atoms with Crippen LogP contribution >= 0.6 is 0 Å². The Morgan fingerprint density at radius 1 is 0.842 bits per heavy atom. The van der Waals surface area contributed by atoms with E-state index in [1.807, 2.05) is 60.7 Å². The van der Waals surface area contributed by atoms with Crippen LogP contribution in [0, 0.1) is 0 Å². The number of carboxylic acid groups (broad SMARTS) is 1. The quantitative estimate of drug-likeness (QED) is 0.437. The first-order chi connectivity index (χ1) is 18.3. The Kier molecular flexibility index (Phi) is 9.12. The van der Waals surface area contributed by atoms with Gasteiger partial charge in [-0.05, 0) is 49.7 Å². The van der Waals surface area contributed by atoms with E-state index in [1.54, 1.807) is 9.80 Å². The first kappa shape index (κ1) is 27.3. The number of benzene rings is 2. The monoisotopic (exact) mass is 520 g/mol. The third kappa shape index (κ3) is 6.77. The maximum absolute atomic E-state index is 13.6. The minimum absolute atomic E-state index is 0.217. The summed E-state index contributed by atoms with van der Waals surface area (Å²) in [5.74, 6) is -1.85. The summed E-state index contributed by atoms with van der Waals surface area (Å²) in [4.78, 5) is 54.7. The zero-order chi connectivity index (χ0) is 27.1. The summed E-state index contributed by atoms with van der Waals surface area (Å²) in [6, 6.07) is 16.2. The standard InChI is InChI=1S/C29H36N4O5/c30-23(18-21-11-5-2-6-12-21)28(37)33-16-8-14-25(33)29(38)32-15-7-13-24(32)27(36)31-22(19-26(34)35)17-20-9-3-1-4-10-20/h1-6,9-12,22-25H,7-8,13-19,30H2,(H,31,36)(H,34,35)/t22-,23-,24+,25+/m0/s1. The third-order valence-corrected chi connectivity index (χ3v) is 7.37. The van der Waals surface area contributed by atoms with Crippen LogP contribution in [0.1, 0.15) is 43.2 Å². The molecule has 2 saturated heterocycles. The highest BCUT2D eigenvalue weighted by atomic mass is 16.4. The van der Waals surface area contributed by atoms with Crippen LogP contribution in [0.25, 0.3) is 0 Å². The molecule has 0 unspecified atom stereocenters. The van der Waals surface area contributed by atoms with E-state index in [-0.39, 0.29) is 24.1 Å². The molecule has 4 rings (SSSR count). The molecule has 0 radical (unpaired) electrons. The lowest BCUT2D eigenvalue weighted by molar-refractivity contribution is -0.147. The van der Waals surface area contributed by atoms with Crippen LogP contribution in [0.2, 0.25) is 0 Å². The van der Waals surface area contributed by atoms with Crippen LogP contribution in [0.15, 0.2) is 60.7 Å². The highest BCUT2D eigenvalue weighted by Crippen LogP contribution is 2.26. The number of nitrogens with one attached hydrogen (secondary N) is 1. The van der Waals surface area contributed by atoms with Gasteiger partial charge in [0.1, 0.15) is 12.1 Å². The van der Waals surface area contributed by atoms with Crippen molar-refractivity contribution in [2.75, 3.05) is 13.1 Å². The van der Waals surface area contributed by atoms with E-state index >= 15 is 0 Å². The molecule has 0 spiro atoms. The molecule has 0 bridgehead atoms. The number of carbonyl (C=O) groups is 4. The maximum atomic E-state index is 13.6. The Labute approximate surface area is 223 Å². The lowest BCUT2D eigenvalue weighted by Gasteiger charge is -2.32. The highest BCUT2D eigenvalue weighted by molar-refractivity contribution is 5.94. The lowest BCUT2D eigenvalue weighted by atomic mass is 10.0. The smallest absolute Gasteiger partial charge is 0.305 e. The number of rotatable bonds is 10. The fourth-order valence-corrected chi connectivity index (χ4v) is 5.53. The molecule has 2 aromatic rings. The van der Waals surface area contributed by atoms with Crippen LogP contribution < -0.4 is 11.1 Å². The number of nitrogens with zero attached hydrogens (tertiary/aromatic N) is 2. The summed E-state index contributed by atoms with van der Waals surface area (Å²) < 4.78 is 0. The van der Waals surface area contributed by atoms with Crippen molar-refractivity contribution < 1.29 is 24.3 Å². The number of aliphatic carboxylic acids is 1. The molecule has 2 fully saturated rings. The van der Waals surface area contributed by atoms with Crippen molar-refractivity contribution in [1.82, 2.24) is 15.1 Å². The SMILES string of the molecule is N[C@@H](Cc1ccccc1)C(=O)N1CCC[C@@H]1C(=O)N1CCC[C@@H]1C(=O)N[C@H](CC(=O)O)Cc1ccccc1. The number of hydrogen-bond donors (Lipinski definition) is 3. The number of nitrogens with two attached hydrogens (primary N) is 1. The number of carboxylic acids is 1. The van der Waals surface area contributed by atoms with Crippen LogP contribution in [-0.4, -0.2) is 75.9 Å². The van der Waals surface area contributed by atoms with Gasteiger partial charge in [0.2, 0.25) is 17.7 Å². The van der Waals surface area contributed by atoms with Gasteiger partial charge in [-0.25, -0.2) is 0 Å². The molecule has 2 aliphatic heterocycles. The summed E-state index contributed by atoms with van der Waals surface area (Å²) in [6.07, 6.45) is 2.94. The van der Waals surface area contributed by atoms with E-state index < -0.39 is 30.1 Å². The Hall–Kier alpha value is -3.72. The van der Waals surface area contributed by atoms with Gasteiger partial charge in [0.15, 0.2) is 0 Å². The Morgan fingerprint density at radius 3 is 2.00 bits per heavy atom. The molecule has 9 heteroatoms. The Morgan fingerprint density at radius 2 is 1.39 bits per heavy atom. The average Bonchev–Trinajstić information content (AvgIpc) is 3.59. The second-order valence-corrected chi connectivity index (χ2v) is 10.2. The maximum Gasteiger partial charge on any atom is 0.305 e. The second kappa shape index (κ2) is 12.7. The predicted octanol–water partition coefficient (Wildman–Crippen LogP) is 1.74. The van der Waals surface area contributed by atoms with Crippen molar-refractivity contribution >= 4 is 23.7 Å². The second-order valence-electron chi connectivity index (χ2n) is 10.2. The van der Waals surface area contributed by atoms with Gasteiger partial charge in [-0.3, -0.25) is 19.2 Å². The topological polar surface area (TPSA) is 133 Å². The van der Waals surface area contributed by atoms with Crippen LogP contribution in [-0.2, 0) is 32.0 Å². The molecule has 202 valence electrons. The van der Waals surface area contributed by atoms with Gasteiger partial charge >= 0.3 is 5.97 Å². The van der Waals surface area contributed by atoms with Gasteiger partial charge < -0.3 is 26.0 Å². The van der Waals surface area contributed by atoms with Crippen LogP contribution in [0.3, 0.4) is 0 Å². The summed E-state index contributed by atoms with van der Waals surface area (Å²) >= 11 is 0. The fourth-order valence-electron chi connectivity index (χ4n) is 5.53. The number of likely N-dealkylation sites (tertiary alicyclic amines) is 2. The van der Waals surface area contributed by atoms with Gasteiger partial charge in [0.25, 0.3) is 0 Å². The first-order valence-corrected chi connectivity index (χ1v) is 13.3. The normalized spacial score (nSPS) is 20.7. The minimum Gasteiger partial charge on any atom is -0.481 e. The van der Waals surface area contributed by atoms with E-state index in [4.69, 9.17) is 5.73 Å². The van der Waals surface area contributed by atoms with Crippen molar-refractivity contribution in [3.05, 3.63) is 71.8 Å². The van der Waals surface area contributed by atoms with Crippen molar-refractivity contribution in [3.63, 3.8) is 0 Å². The van der Waals surface area contributed by atoms with Gasteiger partial charge in [0.05, 0.1) is 12.5 Å². The molecular weight excluding hydrogens is 484 g/mol. The Balaban J connectivity index is 1.41. The van der Waals surface area contributed by atoms with Gasteiger partial charge in [-0.1, -0.05) is 60.7 Å². The van der Waals surface area contributed by atoms with Gasteiger partial charge in [-0.15, -0.1) is 0 Å². The third-order valence-electron chi connectivity index (χ3n) is 7.37. The zero-order valence-electron chi connectivity index (χ0n) is 21.5. The average molecular weight is 521 g/mol. The van der Waals surface area contributed by atoms with Crippen LogP contribution in [0.4, 0.5) is 0 Å². The lowest BCUT2D eigenvalue weighted by Crippen LogP contribution is -2.56. The highest BCUT2D eigenvalue weighted by Gasteiger charge is 2.43. The Bertz CT molecular complexity index is 1130. The molecule has 4 atom stereocenters. The summed E-state index contributed by atoms with van der Waals surface area (Å²) in [5.41, 5.74) is 8.13. The van der Waals surface area contributed by atoms with E-state index in [2.05, 4.69) is 5.32 Å². The molecule has 2 heterocycles. The molecule has 38 heavy (non-hydrogen) atoms. The van der Waals surface area contributed by atoms with E-state index in [1.165, 1.54) is 0 Å². The molecule has 0 aromatic heterocycles. The predicted molar refractivity (Wildman–Crippen MR) is 142 cm³/mol. The fraction of sp³-hybridized carbons (Fsp3) is 0.448. The minimum atomic E-state index is -1.00. The summed E-state index contributed by atoms with van der Waals surface area (Å²) in [7, 11) is 0. The number of amides is 3.